The van der Waals surface area contributed by atoms with Crippen molar-refractivity contribution in [1.82, 2.24) is 9.88 Å². The highest BCUT2D eigenvalue weighted by atomic mass is 15.1. The van der Waals surface area contributed by atoms with E-state index in [1.165, 1.54) is 6.42 Å². The Morgan fingerprint density at radius 3 is 2.71 bits per heavy atom. The fourth-order valence-corrected chi connectivity index (χ4v) is 5.60. The van der Waals surface area contributed by atoms with E-state index in [1.807, 2.05) is 44.1 Å². The second kappa shape index (κ2) is 9.63. The van der Waals surface area contributed by atoms with Gasteiger partial charge in [-0.3, -0.25) is 0 Å². The van der Waals surface area contributed by atoms with Crippen LogP contribution in [0.15, 0.2) is 74.0 Å². The minimum Gasteiger partial charge on any atom is -0.383 e. The highest BCUT2D eigenvalue weighted by molar-refractivity contribution is 5.82. The second-order valence-corrected chi connectivity index (χ2v) is 10.2. The van der Waals surface area contributed by atoms with Crippen molar-refractivity contribution in [3.05, 3.63) is 85.1 Å². The predicted octanol–water partition coefficient (Wildman–Crippen LogP) is 6.35. The Morgan fingerprint density at radius 2 is 2.06 bits per heavy atom. The molecule has 178 valence electrons. The predicted molar refractivity (Wildman–Crippen MR) is 146 cm³/mol. The molecular weight excluding hydrogens is 416 g/mol. The van der Waals surface area contributed by atoms with Gasteiger partial charge in [-0.1, -0.05) is 56.5 Å². The molecule has 1 aromatic carbocycles. The Hall–Kier alpha value is -3.11. The number of allylic oxidation sites excluding steroid dienone is 5. The van der Waals surface area contributed by atoms with Gasteiger partial charge in [-0.15, -0.1) is 0 Å². The van der Waals surface area contributed by atoms with Crippen LogP contribution >= 0.6 is 0 Å². The van der Waals surface area contributed by atoms with Gasteiger partial charge in [0, 0.05) is 43.5 Å². The summed E-state index contributed by atoms with van der Waals surface area (Å²) in [7, 11) is 4.04. The number of nitrogens with one attached hydrogen (secondary N) is 1. The summed E-state index contributed by atoms with van der Waals surface area (Å²) in [5.74, 6) is 1.51. The van der Waals surface area contributed by atoms with E-state index in [1.54, 1.807) is 0 Å². The first kappa shape index (κ1) is 24.0. The van der Waals surface area contributed by atoms with Crippen LogP contribution in [0.4, 0.5) is 5.82 Å². The van der Waals surface area contributed by atoms with Crippen LogP contribution in [0.3, 0.4) is 0 Å². The van der Waals surface area contributed by atoms with Gasteiger partial charge >= 0.3 is 0 Å². The van der Waals surface area contributed by atoms with Gasteiger partial charge in [0.1, 0.15) is 5.82 Å². The number of hydrogen-bond donors (Lipinski definition) is 2. The summed E-state index contributed by atoms with van der Waals surface area (Å²) in [5.41, 5.74) is 12.9. The molecule has 2 saturated carbocycles. The van der Waals surface area contributed by atoms with Crippen LogP contribution < -0.4 is 11.1 Å². The van der Waals surface area contributed by atoms with Crippen molar-refractivity contribution in [3.63, 3.8) is 0 Å². The maximum Gasteiger partial charge on any atom is 0.134 e. The molecular formula is C30H38N4. The second-order valence-electron chi connectivity index (χ2n) is 10.2. The number of benzene rings is 1. The SMILES string of the molecule is C=C/C(=C\N(C)C)c1cccc(-c2ccc(C(=C)/C=C\C)c(NC3CCC4(C)C(N)CC34)n2)c1. The first-order valence-corrected chi connectivity index (χ1v) is 12.2. The molecule has 3 N–H and O–H groups in total. The zero-order valence-corrected chi connectivity index (χ0v) is 21.0. The Labute approximate surface area is 205 Å². The lowest BCUT2D eigenvalue weighted by Gasteiger charge is -2.50. The van der Waals surface area contributed by atoms with Crippen molar-refractivity contribution in [1.29, 1.82) is 0 Å². The number of aromatic nitrogens is 1. The van der Waals surface area contributed by atoms with Crippen LogP contribution in [0.1, 0.15) is 44.2 Å². The zero-order chi connectivity index (χ0) is 24.5. The third kappa shape index (κ3) is 4.47. The quantitative estimate of drug-likeness (QED) is 0.456. The maximum atomic E-state index is 6.37. The summed E-state index contributed by atoms with van der Waals surface area (Å²) < 4.78 is 0. The van der Waals surface area contributed by atoms with Crippen LogP contribution in [-0.2, 0) is 0 Å². The first-order valence-electron chi connectivity index (χ1n) is 12.2. The summed E-state index contributed by atoms with van der Waals surface area (Å²) in [4.78, 5) is 7.16. The number of fused-ring (bicyclic) bond motifs is 1. The highest BCUT2D eigenvalue weighted by Gasteiger charge is 2.56. The number of nitrogens with zero attached hydrogens (tertiary/aromatic N) is 2. The van der Waals surface area contributed by atoms with E-state index in [0.29, 0.717) is 18.0 Å². The van der Waals surface area contributed by atoms with Crippen molar-refractivity contribution in [2.45, 2.75) is 45.2 Å². The van der Waals surface area contributed by atoms with E-state index in [4.69, 9.17) is 10.7 Å². The topological polar surface area (TPSA) is 54.2 Å². The zero-order valence-electron chi connectivity index (χ0n) is 21.0. The molecule has 4 heteroatoms. The van der Waals surface area contributed by atoms with Crippen LogP contribution in [-0.4, -0.2) is 36.1 Å². The summed E-state index contributed by atoms with van der Waals surface area (Å²) in [5, 5.41) is 3.82. The van der Waals surface area contributed by atoms with Crippen LogP contribution in [0.2, 0.25) is 0 Å². The number of anilines is 1. The van der Waals surface area contributed by atoms with Gasteiger partial charge in [0.05, 0.1) is 5.69 Å². The van der Waals surface area contributed by atoms with Crippen molar-refractivity contribution in [2.24, 2.45) is 17.1 Å². The molecule has 2 aliphatic rings. The average molecular weight is 455 g/mol. The van der Waals surface area contributed by atoms with Crippen molar-refractivity contribution < 1.29 is 0 Å². The molecule has 2 fully saturated rings. The maximum absolute atomic E-state index is 6.37. The molecule has 4 rings (SSSR count). The van der Waals surface area contributed by atoms with E-state index < -0.39 is 0 Å². The van der Waals surface area contributed by atoms with E-state index in [-0.39, 0.29) is 5.41 Å². The van der Waals surface area contributed by atoms with Gasteiger partial charge in [0.2, 0.25) is 0 Å². The molecule has 2 aromatic rings. The van der Waals surface area contributed by atoms with E-state index >= 15 is 0 Å². The molecule has 4 nitrogen and oxygen atoms in total. The molecule has 4 atom stereocenters. The molecule has 2 aliphatic carbocycles. The molecule has 0 saturated heterocycles. The van der Waals surface area contributed by atoms with Gasteiger partial charge in [-0.25, -0.2) is 4.98 Å². The largest absolute Gasteiger partial charge is 0.383 e. The molecule has 0 amide bonds. The van der Waals surface area contributed by atoms with E-state index in [2.05, 4.69) is 68.0 Å². The number of hydrogen-bond acceptors (Lipinski definition) is 4. The lowest BCUT2D eigenvalue weighted by molar-refractivity contribution is 0.0467. The molecule has 1 aromatic heterocycles. The molecule has 34 heavy (non-hydrogen) atoms. The van der Waals surface area contributed by atoms with Gasteiger partial charge in [-0.2, -0.15) is 0 Å². The van der Waals surface area contributed by atoms with Crippen molar-refractivity contribution in [2.75, 3.05) is 19.4 Å². The Kier molecular flexibility index (Phi) is 6.81. The Bertz CT molecular complexity index is 1140. The molecule has 1 heterocycles. The van der Waals surface area contributed by atoms with E-state index in [9.17, 15) is 0 Å². The summed E-state index contributed by atoms with van der Waals surface area (Å²) in [6, 6.07) is 13.4. The third-order valence-corrected chi connectivity index (χ3v) is 7.72. The standard InChI is InChI=1S/C30H38N4/c1-7-10-20(3)24-13-14-26(23-12-9-11-22(17-23)21(8-2)19-34(5)6)32-29(24)33-27-15-16-30(4)25(27)18-28(30)31/h7-14,17,19,25,27-28H,2-3,15-16,18,31H2,1,4-6H3,(H,32,33)/b10-7-,21-19+. The van der Waals surface area contributed by atoms with Gasteiger partial charge in [0.25, 0.3) is 0 Å². The van der Waals surface area contributed by atoms with Gasteiger partial charge in [0.15, 0.2) is 0 Å². The lowest BCUT2D eigenvalue weighted by atomic mass is 9.59. The summed E-state index contributed by atoms with van der Waals surface area (Å²) >= 11 is 0. The van der Waals surface area contributed by atoms with E-state index in [0.717, 1.165) is 52.2 Å². The van der Waals surface area contributed by atoms with Crippen LogP contribution in [0, 0.1) is 11.3 Å². The Balaban J connectivity index is 1.70. The number of nitrogens with two attached hydrogens (primary N) is 1. The number of pyridine rings is 1. The normalized spacial score (nSPS) is 26.1. The van der Waals surface area contributed by atoms with Crippen molar-refractivity contribution in [3.8, 4) is 11.3 Å². The molecule has 0 radical (unpaired) electrons. The Morgan fingerprint density at radius 1 is 1.26 bits per heavy atom. The summed E-state index contributed by atoms with van der Waals surface area (Å²) in [6.45, 7) is 12.7. The minimum absolute atomic E-state index is 0.254. The molecule has 0 spiro atoms. The first-order chi connectivity index (χ1) is 16.3. The fourth-order valence-electron chi connectivity index (χ4n) is 5.60. The number of rotatable bonds is 8. The van der Waals surface area contributed by atoms with Gasteiger partial charge in [-0.05, 0) is 72.4 Å². The minimum atomic E-state index is 0.254. The van der Waals surface area contributed by atoms with Crippen molar-refractivity contribution >= 4 is 17.0 Å². The lowest BCUT2D eigenvalue weighted by Crippen LogP contribution is -2.56. The third-order valence-electron chi connectivity index (χ3n) is 7.72. The van der Waals surface area contributed by atoms with Gasteiger partial charge < -0.3 is 16.0 Å². The average Bonchev–Trinajstić information content (AvgIpc) is 3.08. The fraction of sp³-hybridized carbons (Fsp3) is 0.367. The summed E-state index contributed by atoms with van der Waals surface area (Å²) in [6.07, 6.45) is 11.4. The monoisotopic (exact) mass is 454 g/mol. The molecule has 0 aliphatic heterocycles. The van der Waals surface area contributed by atoms with Crippen LogP contribution in [0.5, 0.6) is 0 Å². The smallest absolute Gasteiger partial charge is 0.134 e. The van der Waals surface area contributed by atoms with Crippen LogP contribution in [0.25, 0.3) is 22.4 Å². The highest BCUT2D eigenvalue weighted by Crippen LogP contribution is 2.57. The molecule has 4 unspecified atom stereocenters. The molecule has 0 bridgehead atoms.